The van der Waals surface area contributed by atoms with Crippen LogP contribution < -0.4 is 16.0 Å². The van der Waals surface area contributed by atoms with Gasteiger partial charge in [0.25, 0.3) is 11.6 Å². The van der Waals surface area contributed by atoms with E-state index in [0.29, 0.717) is 6.54 Å². The Kier molecular flexibility index (Phi) is 9.16. The van der Waals surface area contributed by atoms with Crippen LogP contribution in [0.5, 0.6) is 0 Å². The van der Waals surface area contributed by atoms with E-state index in [-0.39, 0.29) is 35.6 Å². The normalized spacial score (nSPS) is 11.1. The molecule has 1 atom stereocenters. The van der Waals surface area contributed by atoms with Crippen molar-refractivity contribution in [2.75, 3.05) is 20.1 Å². The lowest BCUT2D eigenvalue weighted by molar-refractivity contribution is -0.385. The predicted molar refractivity (Wildman–Crippen MR) is 89.2 cm³/mol. The average Bonchev–Trinajstić information content (AvgIpc) is 2.49. The Morgan fingerprint density at radius 1 is 1.35 bits per heavy atom. The van der Waals surface area contributed by atoms with Gasteiger partial charge in [0.2, 0.25) is 5.91 Å². The number of nitro groups is 1. The molecular weight excluding hydrogens is 347 g/mol. The maximum atomic E-state index is 12.0. The van der Waals surface area contributed by atoms with Gasteiger partial charge in [-0.1, -0.05) is 17.7 Å². The number of hydrogen-bond acceptors (Lipinski definition) is 5. The first-order chi connectivity index (χ1) is 10.4. The van der Waals surface area contributed by atoms with Gasteiger partial charge in [0.1, 0.15) is 5.56 Å². The molecule has 0 aliphatic carbocycles. The summed E-state index contributed by atoms with van der Waals surface area (Å²) in [5, 5.41) is 18.7. The molecule has 0 bridgehead atoms. The summed E-state index contributed by atoms with van der Waals surface area (Å²) in [7, 11) is 1.76. The lowest BCUT2D eigenvalue weighted by Crippen LogP contribution is -2.42. The van der Waals surface area contributed by atoms with Crippen LogP contribution in [0.15, 0.2) is 18.2 Å². The molecule has 0 saturated heterocycles. The van der Waals surface area contributed by atoms with Gasteiger partial charge in [-0.15, -0.1) is 12.4 Å². The van der Waals surface area contributed by atoms with E-state index in [1.807, 2.05) is 6.92 Å². The van der Waals surface area contributed by atoms with Crippen LogP contribution in [-0.2, 0) is 4.79 Å². The highest BCUT2D eigenvalue weighted by Crippen LogP contribution is 2.25. The molecule has 0 fully saturated rings. The van der Waals surface area contributed by atoms with Crippen molar-refractivity contribution in [3.8, 4) is 0 Å². The molecule has 0 aliphatic rings. The average molecular weight is 365 g/mol. The molecule has 1 aromatic rings. The molecule has 128 valence electrons. The minimum atomic E-state index is -0.769. The third kappa shape index (κ3) is 6.39. The molecule has 3 N–H and O–H groups in total. The Hall–Kier alpha value is -1.90. The summed E-state index contributed by atoms with van der Waals surface area (Å²) >= 11 is 5.83. The molecule has 0 spiro atoms. The number of carbonyl (C=O) groups excluding carboxylic acids is 2. The molecule has 1 aromatic carbocycles. The van der Waals surface area contributed by atoms with E-state index in [4.69, 9.17) is 11.6 Å². The standard InChI is InChI=1S/C13H17ClN4O4.ClH/c1-8(15-2)6-16-11(19)7-17-13(20)12-9(14)4-3-5-10(12)18(21)22;/h3-5,8,15H,6-7H2,1-2H3,(H,16,19)(H,17,20);1H. The smallest absolute Gasteiger partial charge is 0.283 e. The fourth-order valence-corrected chi connectivity index (χ4v) is 1.83. The summed E-state index contributed by atoms with van der Waals surface area (Å²) in [6.45, 7) is 1.99. The molecule has 2 amide bonds. The Morgan fingerprint density at radius 3 is 2.57 bits per heavy atom. The van der Waals surface area contributed by atoms with Crippen LogP contribution >= 0.6 is 24.0 Å². The van der Waals surface area contributed by atoms with Gasteiger partial charge in [-0.25, -0.2) is 0 Å². The van der Waals surface area contributed by atoms with Gasteiger partial charge in [-0.05, 0) is 20.0 Å². The van der Waals surface area contributed by atoms with E-state index in [0.717, 1.165) is 0 Å². The number of benzene rings is 1. The SMILES string of the molecule is CNC(C)CNC(=O)CNC(=O)c1c(Cl)cccc1[N+](=O)[O-].Cl. The van der Waals surface area contributed by atoms with E-state index in [1.54, 1.807) is 7.05 Å². The fraction of sp³-hybridized carbons (Fsp3) is 0.385. The number of hydrogen-bond donors (Lipinski definition) is 3. The number of nitro benzene ring substituents is 1. The molecule has 1 rings (SSSR count). The van der Waals surface area contributed by atoms with Crippen molar-refractivity contribution < 1.29 is 14.5 Å². The van der Waals surface area contributed by atoms with Crippen molar-refractivity contribution >= 4 is 41.5 Å². The van der Waals surface area contributed by atoms with Crippen molar-refractivity contribution in [1.29, 1.82) is 0 Å². The number of carbonyl (C=O) groups is 2. The molecule has 8 nitrogen and oxygen atoms in total. The molecule has 0 aromatic heterocycles. The highest BCUT2D eigenvalue weighted by atomic mass is 35.5. The Morgan fingerprint density at radius 2 is 2.00 bits per heavy atom. The van der Waals surface area contributed by atoms with Crippen LogP contribution in [0, 0.1) is 10.1 Å². The number of amides is 2. The molecule has 10 heteroatoms. The fourth-order valence-electron chi connectivity index (χ4n) is 1.57. The number of halogens is 2. The van der Waals surface area contributed by atoms with E-state index in [9.17, 15) is 19.7 Å². The van der Waals surface area contributed by atoms with E-state index in [2.05, 4.69) is 16.0 Å². The lowest BCUT2D eigenvalue weighted by Gasteiger charge is -2.12. The highest BCUT2D eigenvalue weighted by molar-refractivity contribution is 6.34. The number of rotatable bonds is 7. The minimum absolute atomic E-state index is 0. The molecular formula is C13H18Cl2N4O4. The zero-order valence-corrected chi connectivity index (χ0v) is 14.2. The van der Waals surface area contributed by atoms with Crippen LogP contribution in [0.4, 0.5) is 5.69 Å². The molecule has 0 saturated carbocycles. The number of nitrogens with one attached hydrogen (secondary N) is 3. The summed E-state index contributed by atoms with van der Waals surface area (Å²) in [6, 6.07) is 4.01. The molecule has 0 aliphatic heterocycles. The van der Waals surface area contributed by atoms with Gasteiger partial charge in [-0.3, -0.25) is 19.7 Å². The maximum Gasteiger partial charge on any atom is 0.283 e. The van der Waals surface area contributed by atoms with Crippen LogP contribution in [0.25, 0.3) is 0 Å². The molecule has 0 heterocycles. The van der Waals surface area contributed by atoms with Gasteiger partial charge in [0, 0.05) is 18.7 Å². The molecule has 1 unspecified atom stereocenters. The molecule has 23 heavy (non-hydrogen) atoms. The Labute approximate surface area is 144 Å². The lowest BCUT2D eigenvalue weighted by atomic mass is 10.1. The molecule has 0 radical (unpaired) electrons. The van der Waals surface area contributed by atoms with Crippen molar-refractivity contribution in [2.24, 2.45) is 0 Å². The first-order valence-corrected chi connectivity index (χ1v) is 6.89. The number of nitrogens with zero attached hydrogens (tertiary/aromatic N) is 1. The predicted octanol–water partition coefficient (Wildman–Crippen LogP) is 1.12. The van der Waals surface area contributed by atoms with E-state index in [1.165, 1.54) is 18.2 Å². The van der Waals surface area contributed by atoms with Crippen LogP contribution in [-0.4, -0.2) is 42.9 Å². The summed E-state index contributed by atoms with van der Waals surface area (Å²) in [5.41, 5.74) is -0.667. The third-order valence-corrected chi connectivity index (χ3v) is 3.24. The van der Waals surface area contributed by atoms with Gasteiger partial charge >= 0.3 is 0 Å². The van der Waals surface area contributed by atoms with Gasteiger partial charge in [0.15, 0.2) is 0 Å². The van der Waals surface area contributed by atoms with Crippen molar-refractivity contribution in [3.05, 3.63) is 38.9 Å². The Bertz CT molecular complexity index is 583. The quantitative estimate of drug-likeness (QED) is 0.495. The van der Waals surface area contributed by atoms with Gasteiger partial charge in [0.05, 0.1) is 16.5 Å². The Balaban J connectivity index is 0.00000484. The second-order valence-electron chi connectivity index (χ2n) is 4.57. The summed E-state index contributed by atoms with van der Waals surface area (Å²) < 4.78 is 0. The monoisotopic (exact) mass is 364 g/mol. The first kappa shape index (κ1) is 21.1. The second kappa shape index (κ2) is 9.98. The first-order valence-electron chi connectivity index (χ1n) is 6.51. The van der Waals surface area contributed by atoms with E-state index >= 15 is 0 Å². The minimum Gasteiger partial charge on any atom is -0.353 e. The largest absolute Gasteiger partial charge is 0.353 e. The second-order valence-corrected chi connectivity index (χ2v) is 4.97. The highest BCUT2D eigenvalue weighted by Gasteiger charge is 2.23. The van der Waals surface area contributed by atoms with Crippen molar-refractivity contribution in [2.45, 2.75) is 13.0 Å². The van der Waals surface area contributed by atoms with Crippen LogP contribution in [0.1, 0.15) is 17.3 Å². The van der Waals surface area contributed by atoms with Crippen molar-refractivity contribution in [1.82, 2.24) is 16.0 Å². The zero-order valence-electron chi connectivity index (χ0n) is 12.6. The topological polar surface area (TPSA) is 113 Å². The summed E-state index contributed by atoms with van der Waals surface area (Å²) in [6.07, 6.45) is 0. The van der Waals surface area contributed by atoms with Gasteiger partial charge < -0.3 is 16.0 Å². The third-order valence-electron chi connectivity index (χ3n) is 2.92. The van der Waals surface area contributed by atoms with Gasteiger partial charge in [-0.2, -0.15) is 0 Å². The number of likely N-dealkylation sites (N-methyl/N-ethyl adjacent to an activating group) is 1. The maximum absolute atomic E-state index is 12.0. The van der Waals surface area contributed by atoms with E-state index < -0.39 is 22.4 Å². The van der Waals surface area contributed by atoms with Crippen LogP contribution in [0.3, 0.4) is 0 Å². The summed E-state index contributed by atoms with van der Waals surface area (Å²) in [4.78, 5) is 33.8. The zero-order chi connectivity index (χ0) is 16.7. The van der Waals surface area contributed by atoms with Crippen molar-refractivity contribution in [3.63, 3.8) is 0 Å². The van der Waals surface area contributed by atoms with Crippen LogP contribution in [0.2, 0.25) is 5.02 Å². The summed E-state index contributed by atoms with van der Waals surface area (Å²) in [5.74, 6) is -1.17.